The average Bonchev–Trinajstić information content (AvgIpc) is 3.48. The molecule has 2 unspecified atom stereocenters. The maximum absolute atomic E-state index is 12.8. The fraction of sp³-hybridized carbons (Fsp3) is 0.609. The number of piperidine rings is 1. The Hall–Kier alpha value is -2.74. The lowest BCUT2D eigenvalue weighted by Gasteiger charge is -2.37. The molecule has 2 aromatic rings. The first-order valence-corrected chi connectivity index (χ1v) is 13.3. The Morgan fingerprint density at radius 2 is 2.00 bits per heavy atom. The molecule has 0 spiro atoms. The number of carbonyl (C=O) groups excluding carboxylic acids is 3. The predicted octanol–water partition coefficient (Wildman–Crippen LogP) is 1.57. The van der Waals surface area contributed by atoms with E-state index in [0.29, 0.717) is 49.8 Å². The number of hydrogen-bond acceptors (Lipinski definition) is 10. The lowest BCUT2D eigenvalue weighted by atomic mass is 10.0. The predicted molar refractivity (Wildman–Crippen MR) is 141 cm³/mol. The number of carbonyl (C=O) groups is 3. The number of H-pyrrole nitrogens is 1. The van der Waals surface area contributed by atoms with Crippen molar-refractivity contribution in [2.45, 2.75) is 38.8 Å². The number of imidazole rings is 1. The number of methoxy groups -OCH3 is 1. The molecule has 0 aliphatic carbocycles. The van der Waals surface area contributed by atoms with Gasteiger partial charge >= 0.3 is 5.97 Å². The molecule has 37 heavy (non-hydrogen) atoms. The van der Waals surface area contributed by atoms with Crippen LogP contribution in [0, 0.1) is 0 Å². The van der Waals surface area contributed by atoms with E-state index in [9.17, 15) is 14.4 Å². The number of thiazole rings is 1. The molecule has 12 nitrogen and oxygen atoms in total. The zero-order chi connectivity index (χ0) is 27.1. The highest BCUT2D eigenvalue weighted by atomic mass is 35.5. The monoisotopic (exact) mass is 555 g/mol. The van der Waals surface area contributed by atoms with Crippen LogP contribution in [0.3, 0.4) is 0 Å². The largest absolute Gasteiger partial charge is 0.462 e. The summed E-state index contributed by atoms with van der Waals surface area (Å²) in [5, 5.41) is 6.58. The maximum Gasteiger partial charge on any atom is 0.350 e. The molecule has 3 heterocycles. The molecule has 0 saturated carbocycles. The normalized spacial score (nSPS) is 17.6. The molecule has 1 saturated heterocycles. The molecule has 3 rings (SSSR count). The third-order valence-corrected chi connectivity index (χ3v) is 7.29. The van der Waals surface area contributed by atoms with E-state index in [2.05, 4.69) is 25.6 Å². The van der Waals surface area contributed by atoms with E-state index in [-0.39, 0.29) is 46.2 Å². The van der Waals surface area contributed by atoms with Gasteiger partial charge in [-0.15, -0.1) is 0 Å². The van der Waals surface area contributed by atoms with E-state index in [1.165, 1.54) is 0 Å². The molecule has 2 atom stereocenters. The molecule has 0 bridgehead atoms. The number of amides is 2. The van der Waals surface area contributed by atoms with Crippen LogP contribution < -0.4 is 15.5 Å². The van der Waals surface area contributed by atoms with E-state index in [1.807, 2.05) is 30.8 Å². The summed E-state index contributed by atoms with van der Waals surface area (Å²) in [6, 6.07) is -0.277. The number of aromatic amines is 1. The van der Waals surface area contributed by atoms with Gasteiger partial charge in [0.25, 0.3) is 11.8 Å². The lowest BCUT2D eigenvalue weighted by molar-refractivity contribution is 0.0527. The number of rotatable bonds is 11. The van der Waals surface area contributed by atoms with Gasteiger partial charge in [0.2, 0.25) is 0 Å². The number of aryl methyl sites for hydroxylation is 1. The number of nitrogens with zero attached hydrogens (tertiary/aromatic N) is 4. The molecule has 1 fully saturated rings. The number of anilines is 1. The Kier molecular flexibility index (Phi) is 10.3. The van der Waals surface area contributed by atoms with E-state index in [1.54, 1.807) is 14.0 Å². The Labute approximate surface area is 225 Å². The second-order valence-electron chi connectivity index (χ2n) is 8.75. The van der Waals surface area contributed by atoms with Gasteiger partial charge in [0, 0.05) is 33.3 Å². The summed E-state index contributed by atoms with van der Waals surface area (Å²) in [5.74, 6) is -1.22. The third kappa shape index (κ3) is 7.18. The highest BCUT2D eigenvalue weighted by Crippen LogP contribution is 2.30. The summed E-state index contributed by atoms with van der Waals surface area (Å²) in [4.78, 5) is 53.8. The molecular weight excluding hydrogens is 522 g/mol. The van der Waals surface area contributed by atoms with Crippen molar-refractivity contribution in [3.63, 3.8) is 0 Å². The molecule has 14 heteroatoms. The summed E-state index contributed by atoms with van der Waals surface area (Å²) in [6.07, 6.45) is 0.828. The van der Waals surface area contributed by atoms with Gasteiger partial charge in [-0.1, -0.05) is 29.9 Å². The Morgan fingerprint density at radius 1 is 1.24 bits per heavy atom. The number of aromatic nitrogens is 3. The van der Waals surface area contributed by atoms with Crippen LogP contribution in [0.4, 0.5) is 5.13 Å². The summed E-state index contributed by atoms with van der Waals surface area (Å²) >= 11 is 7.18. The van der Waals surface area contributed by atoms with Crippen LogP contribution in [0.5, 0.6) is 0 Å². The SMILES string of the molecule is CCOC(=O)c1sc(N2CCC(NC(=O)c3nc(Cl)c(CC)[nH]3)C(OC)C2)nc1C(=O)NCCN(C)C. The lowest BCUT2D eigenvalue weighted by Crippen LogP contribution is -2.55. The van der Waals surface area contributed by atoms with Gasteiger partial charge in [-0.25, -0.2) is 14.8 Å². The van der Waals surface area contributed by atoms with E-state index in [4.69, 9.17) is 21.1 Å². The second-order valence-corrected chi connectivity index (χ2v) is 10.1. The molecule has 2 aromatic heterocycles. The minimum atomic E-state index is -0.585. The van der Waals surface area contributed by atoms with Crippen LogP contribution >= 0.6 is 22.9 Å². The minimum absolute atomic E-state index is 0.0445. The van der Waals surface area contributed by atoms with Crippen LogP contribution in [-0.2, 0) is 15.9 Å². The van der Waals surface area contributed by atoms with E-state index >= 15 is 0 Å². The van der Waals surface area contributed by atoms with Crippen LogP contribution in [0.15, 0.2) is 0 Å². The number of hydrogen-bond donors (Lipinski definition) is 3. The van der Waals surface area contributed by atoms with Crippen molar-refractivity contribution in [2.75, 3.05) is 58.9 Å². The van der Waals surface area contributed by atoms with Gasteiger partial charge in [-0.2, -0.15) is 0 Å². The summed E-state index contributed by atoms with van der Waals surface area (Å²) in [7, 11) is 5.38. The van der Waals surface area contributed by atoms with E-state index < -0.39 is 11.9 Å². The van der Waals surface area contributed by atoms with Gasteiger partial charge in [-0.05, 0) is 33.9 Å². The number of esters is 1. The van der Waals surface area contributed by atoms with Gasteiger partial charge in [-0.3, -0.25) is 9.59 Å². The standard InChI is InChI=1S/C23H34ClN7O5S/c1-6-13-18(24)29-19(26-13)21(33)27-14-8-10-31(12-15(14)35-5)23-28-16(17(37-23)22(34)36-7-2)20(32)25-9-11-30(3)4/h14-15H,6-12H2,1-5H3,(H,25,32)(H,26,29)(H,27,33). The quantitative estimate of drug-likeness (QED) is 0.352. The molecule has 1 aliphatic heterocycles. The topological polar surface area (TPSA) is 142 Å². The maximum atomic E-state index is 12.8. The van der Waals surface area contributed by atoms with Gasteiger partial charge in [0.15, 0.2) is 21.8 Å². The van der Waals surface area contributed by atoms with E-state index in [0.717, 1.165) is 11.3 Å². The van der Waals surface area contributed by atoms with Crippen LogP contribution in [0.1, 0.15) is 56.7 Å². The first kappa shape index (κ1) is 28.8. The van der Waals surface area contributed by atoms with Crippen molar-refractivity contribution in [3.8, 4) is 0 Å². The van der Waals surface area contributed by atoms with Crippen molar-refractivity contribution in [2.24, 2.45) is 0 Å². The summed E-state index contributed by atoms with van der Waals surface area (Å²) in [5.41, 5.74) is 0.746. The van der Waals surface area contributed by atoms with Gasteiger partial charge < -0.3 is 34.9 Å². The number of ether oxygens (including phenoxy) is 2. The molecular formula is C23H34ClN7O5S. The second kappa shape index (κ2) is 13.2. The van der Waals surface area contributed by atoms with Crippen molar-refractivity contribution >= 4 is 45.9 Å². The Balaban J connectivity index is 1.73. The molecule has 0 radical (unpaired) electrons. The zero-order valence-corrected chi connectivity index (χ0v) is 23.3. The number of likely N-dealkylation sites (N-methyl/N-ethyl adjacent to an activating group) is 1. The van der Waals surface area contributed by atoms with Crippen molar-refractivity contribution in [1.29, 1.82) is 0 Å². The first-order chi connectivity index (χ1) is 17.7. The Morgan fingerprint density at radius 3 is 2.62 bits per heavy atom. The fourth-order valence-electron chi connectivity index (χ4n) is 3.87. The fourth-order valence-corrected chi connectivity index (χ4v) is 5.13. The molecule has 1 aliphatic rings. The number of nitrogens with one attached hydrogen (secondary N) is 3. The van der Waals surface area contributed by atoms with Crippen molar-refractivity contribution in [1.82, 2.24) is 30.5 Å². The zero-order valence-electron chi connectivity index (χ0n) is 21.7. The highest BCUT2D eigenvalue weighted by Gasteiger charge is 2.34. The van der Waals surface area contributed by atoms with Crippen molar-refractivity contribution in [3.05, 3.63) is 27.2 Å². The average molecular weight is 556 g/mol. The highest BCUT2D eigenvalue weighted by molar-refractivity contribution is 7.17. The van der Waals surface area contributed by atoms with Gasteiger partial charge in [0.1, 0.15) is 4.88 Å². The smallest absolute Gasteiger partial charge is 0.350 e. The van der Waals surface area contributed by atoms with Crippen LogP contribution in [0.2, 0.25) is 5.15 Å². The number of halogens is 1. The summed E-state index contributed by atoms with van der Waals surface area (Å²) in [6.45, 7) is 5.81. The first-order valence-electron chi connectivity index (χ1n) is 12.1. The van der Waals surface area contributed by atoms with Crippen LogP contribution in [0.25, 0.3) is 0 Å². The minimum Gasteiger partial charge on any atom is -0.462 e. The van der Waals surface area contributed by atoms with Crippen LogP contribution in [-0.4, -0.2) is 104 Å². The third-order valence-electron chi connectivity index (χ3n) is 5.88. The Bertz CT molecular complexity index is 1110. The van der Waals surface area contributed by atoms with Gasteiger partial charge in [0.05, 0.1) is 24.4 Å². The summed E-state index contributed by atoms with van der Waals surface area (Å²) < 4.78 is 10.8. The van der Waals surface area contributed by atoms with Crippen molar-refractivity contribution < 1.29 is 23.9 Å². The molecule has 3 N–H and O–H groups in total. The molecule has 204 valence electrons. The molecule has 0 aromatic carbocycles. The molecule has 2 amide bonds.